The van der Waals surface area contributed by atoms with Crippen LogP contribution >= 0.6 is 0 Å². The first-order valence-corrected chi connectivity index (χ1v) is 3.53. The predicted octanol–water partition coefficient (Wildman–Crippen LogP) is 2.01. The van der Waals surface area contributed by atoms with Crippen molar-refractivity contribution in [3.05, 3.63) is 37.1 Å². The molecule has 0 saturated carbocycles. The molecule has 0 rings (SSSR count). The number of allylic oxidation sites excluding steroid dienone is 2. The number of Topliss-reactive ketones (excluding diaryl/α,β-unsaturated/α-hetero) is 1. The monoisotopic (exact) mass is 182 g/mol. The normalized spacial score (nSPS) is 7.23. The van der Waals surface area contributed by atoms with Crippen LogP contribution in [0.2, 0.25) is 0 Å². The Kier molecular flexibility index (Phi) is 9.05. The van der Waals surface area contributed by atoms with E-state index in [0.29, 0.717) is 17.6 Å². The van der Waals surface area contributed by atoms with E-state index in [1.54, 1.807) is 13.8 Å². The highest BCUT2D eigenvalue weighted by atomic mass is 16.5. The van der Waals surface area contributed by atoms with Gasteiger partial charge in [0.15, 0.2) is 5.78 Å². The molecule has 0 fully saturated rings. The van der Waals surface area contributed by atoms with Crippen LogP contribution in [0, 0.1) is 0 Å². The van der Waals surface area contributed by atoms with E-state index < -0.39 is 0 Å². The van der Waals surface area contributed by atoms with Gasteiger partial charge < -0.3 is 4.74 Å². The third-order valence-corrected chi connectivity index (χ3v) is 0.927. The lowest BCUT2D eigenvalue weighted by atomic mass is 10.1. The minimum Gasteiger partial charge on any atom is -0.437 e. The van der Waals surface area contributed by atoms with Crippen molar-refractivity contribution in [2.45, 2.75) is 13.8 Å². The zero-order valence-corrected chi connectivity index (χ0v) is 8.00. The average Bonchev–Trinajstić information content (AvgIpc) is 2.05. The summed E-state index contributed by atoms with van der Waals surface area (Å²) in [6.07, 6.45) is 1.06. The second kappa shape index (κ2) is 8.46. The van der Waals surface area contributed by atoms with Gasteiger partial charge in [0.2, 0.25) is 0 Å². The second-order valence-corrected chi connectivity index (χ2v) is 2.29. The van der Waals surface area contributed by atoms with Crippen molar-refractivity contribution in [1.82, 2.24) is 0 Å². The highest BCUT2D eigenvalue weighted by Gasteiger charge is 1.99. The summed E-state index contributed by atoms with van der Waals surface area (Å²) >= 11 is 0. The Labute approximate surface area is 78.4 Å². The van der Waals surface area contributed by atoms with Crippen molar-refractivity contribution in [2.75, 3.05) is 0 Å². The molecule has 0 saturated heterocycles. The van der Waals surface area contributed by atoms with E-state index >= 15 is 0 Å². The minimum atomic E-state index is -0.0370. The lowest BCUT2D eigenvalue weighted by Gasteiger charge is -1.92. The first-order valence-electron chi connectivity index (χ1n) is 3.53. The van der Waals surface area contributed by atoms with Gasteiger partial charge in [-0.3, -0.25) is 9.59 Å². The van der Waals surface area contributed by atoms with E-state index in [0.717, 1.165) is 6.26 Å². The molecule has 0 N–H and O–H groups in total. The van der Waals surface area contributed by atoms with Gasteiger partial charge in [-0.2, -0.15) is 0 Å². The fraction of sp³-hybridized carbons (Fsp3) is 0.200. The van der Waals surface area contributed by atoms with Crippen LogP contribution in [0.25, 0.3) is 0 Å². The minimum absolute atomic E-state index is 0.0370. The summed E-state index contributed by atoms with van der Waals surface area (Å²) < 4.78 is 3.92. The Balaban J connectivity index is 0. The quantitative estimate of drug-likeness (QED) is 0.379. The molecule has 0 aromatic heterocycles. The van der Waals surface area contributed by atoms with Gasteiger partial charge in [-0.15, -0.1) is 0 Å². The third-order valence-electron chi connectivity index (χ3n) is 0.927. The molecule has 0 atom stereocenters. The predicted molar refractivity (Wildman–Crippen MR) is 52.0 cm³/mol. The first kappa shape index (κ1) is 13.9. The Morgan fingerprint density at radius 3 is 1.62 bits per heavy atom. The molecule has 0 bridgehead atoms. The van der Waals surface area contributed by atoms with Crippen molar-refractivity contribution < 1.29 is 14.3 Å². The molecule has 0 radical (unpaired) electrons. The summed E-state index contributed by atoms with van der Waals surface area (Å²) in [6, 6.07) is 0. The molecule has 0 amide bonds. The molecular weight excluding hydrogens is 168 g/mol. The number of carbonyl (C=O) groups excluding carboxylic acids is 2. The van der Waals surface area contributed by atoms with E-state index in [-0.39, 0.29) is 5.78 Å². The van der Waals surface area contributed by atoms with E-state index in [4.69, 9.17) is 4.79 Å². The van der Waals surface area contributed by atoms with Crippen LogP contribution in [0.5, 0.6) is 0 Å². The topological polar surface area (TPSA) is 43.4 Å². The fourth-order valence-corrected chi connectivity index (χ4v) is 0.404. The number of carbonyl (C=O) groups is 2. The van der Waals surface area contributed by atoms with Crippen LogP contribution in [0.1, 0.15) is 13.8 Å². The van der Waals surface area contributed by atoms with E-state index in [2.05, 4.69) is 24.5 Å². The molecule has 0 aliphatic carbocycles. The number of hydrogen-bond acceptors (Lipinski definition) is 3. The molecular formula is C10H14O3. The van der Waals surface area contributed by atoms with Crippen LogP contribution in [0.15, 0.2) is 37.1 Å². The first-order chi connectivity index (χ1) is 5.97. The van der Waals surface area contributed by atoms with Crippen LogP contribution < -0.4 is 0 Å². The van der Waals surface area contributed by atoms with Crippen LogP contribution in [-0.4, -0.2) is 12.3 Å². The molecule has 3 heteroatoms. The Hall–Kier alpha value is -1.64. The summed E-state index contributed by atoms with van der Waals surface area (Å²) in [7, 11) is 0. The van der Waals surface area contributed by atoms with Crippen molar-refractivity contribution in [1.29, 1.82) is 0 Å². The number of ether oxygens (including phenoxy) is 1. The van der Waals surface area contributed by atoms with Crippen molar-refractivity contribution >= 4 is 12.3 Å². The summed E-state index contributed by atoms with van der Waals surface area (Å²) in [4.78, 5) is 19.8. The summed E-state index contributed by atoms with van der Waals surface area (Å²) in [5.74, 6) is -0.0370. The zero-order chi connectivity index (χ0) is 10.9. The van der Waals surface area contributed by atoms with Gasteiger partial charge in [-0.05, 0) is 25.0 Å². The van der Waals surface area contributed by atoms with Gasteiger partial charge in [-0.1, -0.05) is 19.7 Å². The molecule has 0 aliphatic rings. The number of rotatable bonds is 4. The van der Waals surface area contributed by atoms with Crippen LogP contribution in [0.4, 0.5) is 0 Å². The highest BCUT2D eigenvalue weighted by molar-refractivity contribution is 6.06. The van der Waals surface area contributed by atoms with Crippen LogP contribution in [-0.2, 0) is 14.3 Å². The number of hydrogen-bond donors (Lipinski definition) is 0. The maximum absolute atomic E-state index is 10.6. The van der Waals surface area contributed by atoms with Gasteiger partial charge in [-0.25, -0.2) is 0 Å². The highest BCUT2D eigenvalue weighted by Crippen LogP contribution is 1.97. The van der Waals surface area contributed by atoms with E-state index in [9.17, 15) is 4.79 Å². The molecule has 3 nitrogen and oxygen atoms in total. The molecule has 0 spiro atoms. The SMILES string of the molecule is C=C(C)C(=O)C(=C)C.C=COC=O. The Bertz CT molecular complexity index is 204. The van der Waals surface area contributed by atoms with Gasteiger partial charge in [0.05, 0.1) is 6.26 Å². The van der Waals surface area contributed by atoms with E-state index in [1.165, 1.54) is 0 Å². The van der Waals surface area contributed by atoms with Crippen molar-refractivity contribution in [3.8, 4) is 0 Å². The zero-order valence-electron chi connectivity index (χ0n) is 8.00. The molecule has 0 heterocycles. The fourth-order valence-electron chi connectivity index (χ4n) is 0.404. The molecule has 0 unspecified atom stereocenters. The van der Waals surface area contributed by atoms with Gasteiger partial charge in [0, 0.05) is 0 Å². The van der Waals surface area contributed by atoms with Crippen molar-refractivity contribution in [3.63, 3.8) is 0 Å². The average molecular weight is 182 g/mol. The van der Waals surface area contributed by atoms with Gasteiger partial charge >= 0.3 is 0 Å². The molecule has 13 heavy (non-hydrogen) atoms. The molecule has 0 aromatic carbocycles. The smallest absolute Gasteiger partial charge is 0.297 e. The Morgan fingerprint density at radius 1 is 1.23 bits per heavy atom. The maximum Gasteiger partial charge on any atom is 0.297 e. The molecule has 0 aromatic rings. The summed E-state index contributed by atoms with van der Waals surface area (Å²) in [5, 5.41) is 0. The summed E-state index contributed by atoms with van der Waals surface area (Å²) in [5.41, 5.74) is 1.11. The third kappa shape index (κ3) is 10.4. The van der Waals surface area contributed by atoms with Crippen LogP contribution in [0.3, 0.4) is 0 Å². The lowest BCUT2D eigenvalue weighted by molar-refractivity contribution is -0.123. The van der Waals surface area contributed by atoms with Gasteiger partial charge in [0.25, 0.3) is 6.47 Å². The largest absolute Gasteiger partial charge is 0.437 e. The number of ketones is 1. The molecule has 72 valence electrons. The second-order valence-electron chi connectivity index (χ2n) is 2.29. The van der Waals surface area contributed by atoms with Gasteiger partial charge in [0.1, 0.15) is 0 Å². The standard InChI is InChI=1S/C7H10O.C3H4O2/c1-5(2)7(8)6(3)4;1-2-5-3-4/h1,3H2,2,4H3;2-3H,1H2. The maximum atomic E-state index is 10.6. The molecule has 0 aliphatic heterocycles. The summed E-state index contributed by atoms with van der Waals surface area (Å²) in [6.45, 7) is 13.7. The van der Waals surface area contributed by atoms with E-state index in [1.807, 2.05) is 0 Å². The Morgan fingerprint density at radius 2 is 1.62 bits per heavy atom. The van der Waals surface area contributed by atoms with Crippen molar-refractivity contribution in [2.24, 2.45) is 0 Å². The lowest BCUT2D eigenvalue weighted by Crippen LogP contribution is -1.97.